The van der Waals surface area contributed by atoms with Gasteiger partial charge in [0.05, 0.1) is 5.75 Å². The maximum atomic E-state index is 12.0. The fraction of sp³-hybridized carbons (Fsp3) is 0.909. The Labute approximate surface area is 103 Å². The van der Waals surface area contributed by atoms with E-state index < -0.39 is 27.0 Å². The second kappa shape index (κ2) is 5.82. The molecule has 0 amide bonds. The molecule has 0 radical (unpaired) electrons. The van der Waals surface area contributed by atoms with Crippen molar-refractivity contribution in [2.24, 2.45) is 5.92 Å². The van der Waals surface area contributed by atoms with Gasteiger partial charge in [-0.05, 0) is 31.8 Å². The molecule has 0 aromatic carbocycles. The molecule has 1 saturated heterocycles. The predicted octanol–water partition coefficient (Wildman–Crippen LogP) is 0.606. The molecule has 1 aliphatic heterocycles. The van der Waals surface area contributed by atoms with Crippen molar-refractivity contribution < 1.29 is 18.3 Å². The minimum Gasteiger partial charge on any atom is -0.480 e. The number of carboxylic acid groups (broad SMARTS) is 1. The number of carbonyl (C=O) groups is 1. The van der Waals surface area contributed by atoms with Gasteiger partial charge in [-0.15, -0.1) is 0 Å². The van der Waals surface area contributed by atoms with Gasteiger partial charge in [0.15, 0.2) is 15.1 Å². The van der Waals surface area contributed by atoms with E-state index >= 15 is 0 Å². The van der Waals surface area contributed by atoms with Crippen LogP contribution in [-0.2, 0) is 14.6 Å². The highest BCUT2D eigenvalue weighted by atomic mass is 32.2. The van der Waals surface area contributed by atoms with Gasteiger partial charge in [0.2, 0.25) is 0 Å². The van der Waals surface area contributed by atoms with Crippen molar-refractivity contribution in [3.05, 3.63) is 0 Å². The van der Waals surface area contributed by atoms with Crippen LogP contribution in [0, 0.1) is 5.92 Å². The molecule has 0 aromatic heterocycles. The fourth-order valence-electron chi connectivity index (χ4n) is 2.24. The first-order valence-electron chi connectivity index (χ1n) is 6.01. The normalized spacial score (nSPS) is 19.7. The van der Waals surface area contributed by atoms with Gasteiger partial charge in [-0.1, -0.05) is 13.8 Å². The Morgan fingerprint density at radius 3 is 2.24 bits per heavy atom. The molecule has 1 unspecified atom stereocenters. The monoisotopic (exact) mass is 263 g/mol. The van der Waals surface area contributed by atoms with Crippen molar-refractivity contribution in [1.82, 2.24) is 4.90 Å². The average Bonchev–Trinajstić information content (AvgIpc) is 2.64. The van der Waals surface area contributed by atoms with Gasteiger partial charge in [0.25, 0.3) is 0 Å². The minimum absolute atomic E-state index is 0.0534. The lowest BCUT2D eigenvalue weighted by Crippen LogP contribution is -2.39. The van der Waals surface area contributed by atoms with Crippen molar-refractivity contribution >= 4 is 15.8 Å². The summed E-state index contributed by atoms with van der Waals surface area (Å²) in [6, 6.07) is 0. The molecule has 17 heavy (non-hydrogen) atoms. The van der Waals surface area contributed by atoms with Crippen molar-refractivity contribution in [1.29, 1.82) is 0 Å². The Morgan fingerprint density at radius 2 is 1.82 bits per heavy atom. The van der Waals surface area contributed by atoms with E-state index in [0.717, 1.165) is 25.9 Å². The molecule has 1 N–H and O–H groups in total. The summed E-state index contributed by atoms with van der Waals surface area (Å²) in [7, 11) is -3.55. The van der Waals surface area contributed by atoms with Crippen molar-refractivity contribution in [3.8, 4) is 0 Å². The number of hydrogen-bond acceptors (Lipinski definition) is 4. The van der Waals surface area contributed by atoms with Crippen LogP contribution in [0.3, 0.4) is 0 Å². The summed E-state index contributed by atoms with van der Waals surface area (Å²) in [5.41, 5.74) is 0. The van der Waals surface area contributed by atoms with Crippen LogP contribution in [0.1, 0.15) is 26.7 Å². The Balaban J connectivity index is 2.62. The van der Waals surface area contributed by atoms with E-state index in [0.29, 0.717) is 6.54 Å². The number of carboxylic acids is 1. The highest BCUT2D eigenvalue weighted by molar-refractivity contribution is 7.92. The number of rotatable bonds is 6. The van der Waals surface area contributed by atoms with Crippen molar-refractivity contribution in [2.75, 3.05) is 25.4 Å². The number of nitrogens with zero attached hydrogens (tertiary/aromatic N) is 1. The largest absolute Gasteiger partial charge is 0.480 e. The topological polar surface area (TPSA) is 74.7 Å². The third-order valence-corrected chi connectivity index (χ3v) is 5.40. The highest BCUT2D eigenvalue weighted by Crippen LogP contribution is 2.15. The smallest absolute Gasteiger partial charge is 0.322 e. The van der Waals surface area contributed by atoms with Crippen molar-refractivity contribution in [2.45, 2.75) is 31.9 Å². The standard InChI is InChI=1S/C11H21NO4S/c1-9(2)10(11(13)14)17(15,16)8-7-12-5-3-4-6-12/h9-10H,3-8H2,1-2H3,(H,13,14). The van der Waals surface area contributed by atoms with Crippen LogP contribution in [0.4, 0.5) is 0 Å². The molecule has 1 fully saturated rings. The predicted molar refractivity (Wildman–Crippen MR) is 65.7 cm³/mol. The maximum Gasteiger partial charge on any atom is 0.322 e. The SMILES string of the molecule is CC(C)C(C(=O)O)S(=O)(=O)CCN1CCCC1. The number of sulfone groups is 1. The zero-order valence-electron chi connectivity index (χ0n) is 10.4. The van der Waals surface area contributed by atoms with Gasteiger partial charge in [-0.2, -0.15) is 0 Å². The molecular formula is C11H21NO4S. The maximum absolute atomic E-state index is 12.0. The Hall–Kier alpha value is -0.620. The van der Waals surface area contributed by atoms with Crippen LogP contribution in [0.25, 0.3) is 0 Å². The summed E-state index contributed by atoms with van der Waals surface area (Å²) < 4.78 is 23.9. The quantitative estimate of drug-likeness (QED) is 0.760. The minimum atomic E-state index is -3.55. The molecule has 1 atom stereocenters. The summed E-state index contributed by atoms with van der Waals surface area (Å²) >= 11 is 0. The molecule has 0 aromatic rings. The van der Waals surface area contributed by atoms with Gasteiger partial charge >= 0.3 is 5.97 Å². The van der Waals surface area contributed by atoms with Crippen LogP contribution < -0.4 is 0 Å². The zero-order valence-corrected chi connectivity index (χ0v) is 11.2. The number of aliphatic carboxylic acids is 1. The van der Waals surface area contributed by atoms with E-state index in [1.54, 1.807) is 13.8 Å². The molecule has 1 rings (SSSR count). The summed E-state index contributed by atoms with van der Waals surface area (Å²) in [4.78, 5) is 13.1. The zero-order chi connectivity index (χ0) is 13.1. The highest BCUT2D eigenvalue weighted by Gasteiger charge is 2.35. The van der Waals surface area contributed by atoms with Gasteiger partial charge in [0, 0.05) is 6.54 Å². The molecule has 100 valence electrons. The summed E-state index contributed by atoms with van der Waals surface area (Å²) in [6.07, 6.45) is 2.21. The lowest BCUT2D eigenvalue weighted by Gasteiger charge is -2.19. The van der Waals surface area contributed by atoms with Crippen LogP contribution in [0.15, 0.2) is 0 Å². The van der Waals surface area contributed by atoms with E-state index in [4.69, 9.17) is 5.11 Å². The first-order chi connectivity index (χ1) is 7.84. The van der Waals surface area contributed by atoms with E-state index in [9.17, 15) is 13.2 Å². The first kappa shape index (κ1) is 14.4. The van der Waals surface area contributed by atoms with E-state index in [1.165, 1.54) is 0 Å². The summed E-state index contributed by atoms with van der Waals surface area (Å²) in [6.45, 7) is 5.57. The van der Waals surface area contributed by atoms with Crippen LogP contribution in [-0.4, -0.2) is 55.0 Å². The molecule has 0 bridgehead atoms. The lowest BCUT2D eigenvalue weighted by atomic mass is 10.1. The number of hydrogen-bond donors (Lipinski definition) is 1. The summed E-state index contributed by atoms with van der Waals surface area (Å²) in [5, 5.41) is 7.71. The molecule has 1 aliphatic rings. The first-order valence-corrected chi connectivity index (χ1v) is 7.73. The molecule has 6 heteroatoms. The fourth-order valence-corrected chi connectivity index (χ4v) is 4.15. The third kappa shape index (κ3) is 3.96. The number of likely N-dealkylation sites (tertiary alicyclic amines) is 1. The Bertz CT molecular complexity index is 358. The third-order valence-electron chi connectivity index (χ3n) is 3.13. The second-order valence-electron chi connectivity index (χ2n) is 4.92. The van der Waals surface area contributed by atoms with Gasteiger partial charge < -0.3 is 10.0 Å². The van der Waals surface area contributed by atoms with Crippen LogP contribution in [0.5, 0.6) is 0 Å². The van der Waals surface area contributed by atoms with Gasteiger partial charge in [-0.3, -0.25) is 4.79 Å². The van der Waals surface area contributed by atoms with E-state index in [2.05, 4.69) is 4.90 Å². The second-order valence-corrected chi connectivity index (χ2v) is 7.16. The van der Waals surface area contributed by atoms with Gasteiger partial charge in [0.1, 0.15) is 0 Å². The Morgan fingerprint density at radius 1 is 1.29 bits per heavy atom. The van der Waals surface area contributed by atoms with Crippen LogP contribution in [0.2, 0.25) is 0 Å². The molecule has 5 nitrogen and oxygen atoms in total. The average molecular weight is 263 g/mol. The lowest BCUT2D eigenvalue weighted by molar-refractivity contribution is -0.137. The molecular weight excluding hydrogens is 242 g/mol. The molecule has 1 heterocycles. The van der Waals surface area contributed by atoms with Crippen LogP contribution >= 0.6 is 0 Å². The van der Waals surface area contributed by atoms with E-state index in [-0.39, 0.29) is 5.75 Å². The summed E-state index contributed by atoms with van der Waals surface area (Å²) in [5.74, 6) is -1.68. The molecule has 0 saturated carbocycles. The molecule has 0 spiro atoms. The van der Waals surface area contributed by atoms with Crippen molar-refractivity contribution in [3.63, 3.8) is 0 Å². The van der Waals surface area contributed by atoms with E-state index in [1.807, 2.05) is 0 Å². The van der Waals surface area contributed by atoms with Gasteiger partial charge in [-0.25, -0.2) is 8.42 Å². The Kier molecular flexibility index (Phi) is 4.94. The molecule has 0 aliphatic carbocycles.